The highest BCUT2D eigenvalue weighted by atomic mass is 16.5. The van der Waals surface area contributed by atoms with E-state index in [0.717, 1.165) is 28.8 Å². The molecule has 0 amide bonds. The first-order valence-electron chi connectivity index (χ1n) is 5.75. The highest BCUT2D eigenvalue weighted by molar-refractivity contribution is 5.47. The number of nitrogens with two attached hydrogens (primary N) is 1. The lowest BCUT2D eigenvalue weighted by Crippen LogP contribution is -2.14. The van der Waals surface area contributed by atoms with Crippen LogP contribution in [-0.4, -0.2) is 6.10 Å². The molecule has 15 heavy (non-hydrogen) atoms. The van der Waals surface area contributed by atoms with Gasteiger partial charge in [-0.25, -0.2) is 0 Å². The summed E-state index contributed by atoms with van der Waals surface area (Å²) in [6.07, 6.45) is 4.42. The maximum absolute atomic E-state index is 6.01. The molecule has 1 aromatic rings. The van der Waals surface area contributed by atoms with Crippen LogP contribution in [0, 0.1) is 18.8 Å². The number of rotatable bonds is 2. The normalized spacial score (nSPS) is 32.5. The van der Waals surface area contributed by atoms with E-state index in [9.17, 15) is 0 Å². The first-order chi connectivity index (χ1) is 7.22. The van der Waals surface area contributed by atoms with Gasteiger partial charge in [0, 0.05) is 5.69 Å². The van der Waals surface area contributed by atoms with Crippen LogP contribution in [0.2, 0.25) is 0 Å². The molecule has 3 rings (SSSR count). The summed E-state index contributed by atoms with van der Waals surface area (Å²) >= 11 is 0. The Bertz CT molecular complexity index is 378. The van der Waals surface area contributed by atoms with Crippen LogP contribution in [-0.2, 0) is 0 Å². The first-order valence-corrected chi connectivity index (χ1v) is 5.75. The predicted molar refractivity (Wildman–Crippen MR) is 60.8 cm³/mol. The largest absolute Gasteiger partial charge is 0.490 e. The summed E-state index contributed by atoms with van der Waals surface area (Å²) in [4.78, 5) is 0. The number of nitrogen functional groups attached to an aromatic ring is 1. The second-order valence-electron chi connectivity index (χ2n) is 4.99. The third kappa shape index (κ3) is 1.69. The molecular weight excluding hydrogens is 186 g/mol. The summed E-state index contributed by atoms with van der Waals surface area (Å²) in [5.41, 5.74) is 7.67. The topological polar surface area (TPSA) is 35.2 Å². The van der Waals surface area contributed by atoms with Crippen LogP contribution >= 0.6 is 0 Å². The van der Waals surface area contributed by atoms with Crippen LogP contribution < -0.4 is 10.5 Å². The van der Waals surface area contributed by atoms with E-state index < -0.39 is 0 Å². The lowest BCUT2D eigenvalue weighted by atomic mass is 10.2. The number of fused-ring (bicyclic) bond motifs is 1. The van der Waals surface area contributed by atoms with E-state index in [-0.39, 0.29) is 0 Å². The molecule has 0 radical (unpaired) electrons. The second-order valence-corrected chi connectivity index (χ2v) is 4.99. The van der Waals surface area contributed by atoms with Crippen molar-refractivity contribution in [2.24, 2.45) is 11.8 Å². The van der Waals surface area contributed by atoms with Crippen molar-refractivity contribution in [3.8, 4) is 5.75 Å². The third-order valence-corrected chi connectivity index (χ3v) is 3.69. The summed E-state index contributed by atoms with van der Waals surface area (Å²) in [5.74, 6) is 2.96. The zero-order valence-corrected chi connectivity index (χ0v) is 9.07. The predicted octanol–water partition coefficient (Wildman–Crippen LogP) is 2.75. The Hall–Kier alpha value is -1.18. The van der Waals surface area contributed by atoms with Crippen molar-refractivity contribution in [2.75, 3.05) is 5.73 Å². The van der Waals surface area contributed by atoms with Gasteiger partial charge in [0.1, 0.15) is 5.75 Å². The molecule has 0 bridgehead atoms. The van der Waals surface area contributed by atoms with Gasteiger partial charge in [-0.1, -0.05) is 0 Å². The molecule has 0 spiro atoms. The highest BCUT2D eigenvalue weighted by Crippen LogP contribution is 2.52. The average molecular weight is 203 g/mol. The summed E-state index contributed by atoms with van der Waals surface area (Å²) in [6.45, 7) is 2.06. The molecule has 0 aromatic heterocycles. The van der Waals surface area contributed by atoms with E-state index in [2.05, 4.69) is 6.92 Å². The zero-order valence-electron chi connectivity index (χ0n) is 9.07. The average Bonchev–Trinajstić information content (AvgIpc) is 2.79. The van der Waals surface area contributed by atoms with Crippen LogP contribution in [0.4, 0.5) is 5.69 Å². The molecule has 2 saturated carbocycles. The fraction of sp³-hybridized carbons (Fsp3) is 0.538. The highest BCUT2D eigenvalue weighted by Gasteiger charge is 2.46. The van der Waals surface area contributed by atoms with Crippen molar-refractivity contribution in [1.82, 2.24) is 0 Å². The van der Waals surface area contributed by atoms with Crippen LogP contribution in [0.5, 0.6) is 5.75 Å². The molecule has 1 aromatic carbocycles. The maximum Gasteiger partial charge on any atom is 0.122 e. The molecule has 2 nitrogen and oxygen atoms in total. The van der Waals surface area contributed by atoms with Gasteiger partial charge in [0.15, 0.2) is 0 Å². The van der Waals surface area contributed by atoms with E-state index >= 15 is 0 Å². The summed E-state index contributed by atoms with van der Waals surface area (Å²) in [5, 5.41) is 0. The van der Waals surface area contributed by atoms with Crippen molar-refractivity contribution < 1.29 is 4.74 Å². The molecule has 2 aliphatic rings. The Balaban J connectivity index is 1.71. The fourth-order valence-electron chi connectivity index (χ4n) is 2.74. The van der Waals surface area contributed by atoms with Crippen LogP contribution in [0.15, 0.2) is 18.2 Å². The van der Waals surface area contributed by atoms with Crippen molar-refractivity contribution in [3.63, 3.8) is 0 Å². The van der Waals surface area contributed by atoms with Crippen molar-refractivity contribution in [3.05, 3.63) is 23.8 Å². The Kier molecular flexibility index (Phi) is 1.91. The minimum atomic E-state index is 0.455. The smallest absolute Gasteiger partial charge is 0.122 e. The summed E-state index contributed by atoms with van der Waals surface area (Å²) in [6, 6.07) is 5.89. The standard InChI is InChI=1S/C13H17NO/c1-8-4-11(14)2-3-13(8)15-12-6-9-5-10(9)7-12/h2-4,9-10,12H,5-7,14H2,1H3/t9-,10?,12?/m0/s1. The molecule has 0 heterocycles. The molecule has 2 aliphatic carbocycles. The van der Waals surface area contributed by atoms with Crippen LogP contribution in [0.3, 0.4) is 0 Å². The van der Waals surface area contributed by atoms with Gasteiger partial charge in [0.05, 0.1) is 6.10 Å². The van der Waals surface area contributed by atoms with Gasteiger partial charge in [-0.2, -0.15) is 0 Å². The second kappa shape index (κ2) is 3.16. The minimum absolute atomic E-state index is 0.455. The Labute approximate surface area is 90.4 Å². The van der Waals surface area contributed by atoms with Gasteiger partial charge < -0.3 is 10.5 Å². The molecule has 3 atom stereocenters. The fourth-order valence-corrected chi connectivity index (χ4v) is 2.74. The van der Waals surface area contributed by atoms with Gasteiger partial charge >= 0.3 is 0 Å². The number of aryl methyl sites for hydroxylation is 1. The lowest BCUT2D eigenvalue weighted by molar-refractivity contribution is 0.193. The van der Waals surface area contributed by atoms with E-state index in [1.165, 1.54) is 19.3 Å². The van der Waals surface area contributed by atoms with Gasteiger partial charge in [-0.05, 0) is 61.8 Å². The molecule has 0 aliphatic heterocycles. The van der Waals surface area contributed by atoms with Crippen LogP contribution in [0.25, 0.3) is 0 Å². The number of hydrogen-bond donors (Lipinski definition) is 1. The van der Waals surface area contributed by atoms with E-state index in [1.54, 1.807) is 0 Å². The van der Waals surface area contributed by atoms with Gasteiger partial charge in [-0.3, -0.25) is 0 Å². The first kappa shape index (κ1) is 9.08. The van der Waals surface area contributed by atoms with Crippen molar-refractivity contribution >= 4 is 5.69 Å². The third-order valence-electron chi connectivity index (χ3n) is 3.69. The number of anilines is 1. The summed E-state index contributed by atoms with van der Waals surface area (Å²) in [7, 11) is 0. The van der Waals surface area contributed by atoms with Gasteiger partial charge in [-0.15, -0.1) is 0 Å². The zero-order chi connectivity index (χ0) is 10.4. The van der Waals surface area contributed by atoms with E-state index in [0.29, 0.717) is 6.10 Å². The van der Waals surface area contributed by atoms with Crippen molar-refractivity contribution in [1.29, 1.82) is 0 Å². The quantitative estimate of drug-likeness (QED) is 0.750. The molecule has 2 heteroatoms. The van der Waals surface area contributed by atoms with E-state index in [1.807, 2.05) is 18.2 Å². The molecule has 0 saturated heterocycles. The summed E-state index contributed by atoms with van der Waals surface area (Å²) < 4.78 is 6.01. The number of benzene rings is 1. The van der Waals surface area contributed by atoms with Gasteiger partial charge in [0.25, 0.3) is 0 Å². The van der Waals surface area contributed by atoms with Crippen LogP contribution in [0.1, 0.15) is 24.8 Å². The lowest BCUT2D eigenvalue weighted by Gasteiger charge is -2.17. The van der Waals surface area contributed by atoms with E-state index in [4.69, 9.17) is 10.5 Å². The number of ether oxygens (including phenoxy) is 1. The minimum Gasteiger partial charge on any atom is -0.490 e. The molecule has 2 unspecified atom stereocenters. The SMILES string of the molecule is Cc1cc(N)ccc1OC1CC2C[C@H]2C1. The Morgan fingerprint density at radius 1 is 1.20 bits per heavy atom. The monoisotopic (exact) mass is 203 g/mol. The molecule has 2 fully saturated rings. The Morgan fingerprint density at radius 2 is 1.93 bits per heavy atom. The molecule has 2 N–H and O–H groups in total. The molecule has 80 valence electrons. The number of hydrogen-bond acceptors (Lipinski definition) is 2. The maximum atomic E-state index is 6.01. The Morgan fingerprint density at radius 3 is 2.60 bits per heavy atom. The van der Waals surface area contributed by atoms with Gasteiger partial charge in [0.2, 0.25) is 0 Å². The molecular formula is C13H17NO. The van der Waals surface area contributed by atoms with Crippen molar-refractivity contribution in [2.45, 2.75) is 32.3 Å².